The summed E-state index contributed by atoms with van der Waals surface area (Å²) in [6, 6.07) is 2.07. The summed E-state index contributed by atoms with van der Waals surface area (Å²) in [5.41, 5.74) is 1.31. The van der Waals surface area contributed by atoms with Gasteiger partial charge in [0, 0.05) is 18.9 Å². The van der Waals surface area contributed by atoms with Gasteiger partial charge in [-0.25, -0.2) is 0 Å². The minimum Gasteiger partial charge on any atom is -0.388 e. The van der Waals surface area contributed by atoms with E-state index in [2.05, 4.69) is 23.0 Å². The van der Waals surface area contributed by atoms with Crippen LogP contribution in [0.4, 0.5) is 0 Å². The fraction of sp³-hybridized carbons (Fsp3) is 0.765. The smallest absolute Gasteiger partial charge is 0.0832 e. The van der Waals surface area contributed by atoms with Crippen molar-refractivity contribution in [3.63, 3.8) is 0 Å². The lowest BCUT2D eigenvalue weighted by atomic mass is 9.98. The molecule has 3 aliphatic rings. The molecule has 1 aliphatic heterocycles. The van der Waals surface area contributed by atoms with Crippen LogP contribution in [0, 0.1) is 5.92 Å². The van der Waals surface area contributed by atoms with E-state index in [1.54, 1.807) is 0 Å². The highest BCUT2D eigenvalue weighted by Crippen LogP contribution is 2.44. The Hall–Kier alpha value is -0.800. The van der Waals surface area contributed by atoms with Crippen molar-refractivity contribution in [2.45, 2.75) is 75.7 Å². The Morgan fingerprint density at radius 2 is 2.05 bits per heavy atom. The molecule has 20 heavy (non-hydrogen) atoms. The van der Waals surface area contributed by atoms with Crippen molar-refractivity contribution in [2.75, 3.05) is 0 Å². The number of hydrogen-bond donors (Lipinski definition) is 1. The highest BCUT2D eigenvalue weighted by Gasteiger charge is 2.42. The van der Waals surface area contributed by atoms with Crippen LogP contribution in [0.5, 0.6) is 0 Å². The fourth-order valence-corrected chi connectivity index (χ4v) is 4.08. The Balaban J connectivity index is 1.37. The lowest BCUT2D eigenvalue weighted by Gasteiger charge is -2.24. The van der Waals surface area contributed by atoms with Gasteiger partial charge in [0.15, 0.2) is 0 Å². The average molecular weight is 275 g/mol. The van der Waals surface area contributed by atoms with E-state index >= 15 is 0 Å². The molecule has 0 radical (unpaired) electrons. The number of aliphatic hydroxyl groups excluding tert-OH is 1. The van der Waals surface area contributed by atoms with Crippen LogP contribution in [0.1, 0.15) is 63.0 Å². The first kappa shape index (κ1) is 12.9. The van der Waals surface area contributed by atoms with Crippen molar-refractivity contribution in [2.24, 2.45) is 5.92 Å². The van der Waals surface area contributed by atoms with Gasteiger partial charge >= 0.3 is 0 Å². The SMILES string of the molecule is OC(c1ccn(CC2CCC3(CCCC3)O2)c1)C1CC1. The second-order valence-electron chi connectivity index (χ2n) is 7.09. The van der Waals surface area contributed by atoms with Crippen molar-refractivity contribution in [3.8, 4) is 0 Å². The minimum atomic E-state index is -0.248. The number of hydrogen-bond acceptors (Lipinski definition) is 2. The Morgan fingerprint density at radius 1 is 1.25 bits per heavy atom. The van der Waals surface area contributed by atoms with Crippen molar-refractivity contribution < 1.29 is 9.84 Å². The maximum Gasteiger partial charge on any atom is 0.0832 e. The number of nitrogens with zero attached hydrogens (tertiary/aromatic N) is 1. The molecule has 2 heterocycles. The van der Waals surface area contributed by atoms with E-state index in [4.69, 9.17) is 4.74 Å². The third kappa shape index (κ3) is 2.42. The minimum absolute atomic E-state index is 0.230. The van der Waals surface area contributed by atoms with Gasteiger partial charge in [0.1, 0.15) is 0 Å². The number of ether oxygens (including phenoxy) is 1. The summed E-state index contributed by atoms with van der Waals surface area (Å²) in [6.07, 6.45) is 14.4. The van der Waals surface area contributed by atoms with Gasteiger partial charge in [0.05, 0.1) is 17.8 Å². The Kier molecular flexibility index (Phi) is 3.15. The van der Waals surface area contributed by atoms with E-state index in [1.807, 2.05) is 0 Å². The molecule has 1 aromatic rings. The summed E-state index contributed by atoms with van der Waals surface area (Å²) < 4.78 is 8.57. The van der Waals surface area contributed by atoms with Crippen LogP contribution >= 0.6 is 0 Å². The first-order valence-corrected chi connectivity index (χ1v) is 8.26. The van der Waals surface area contributed by atoms with Crippen molar-refractivity contribution in [3.05, 3.63) is 24.0 Å². The molecule has 1 spiro atoms. The van der Waals surface area contributed by atoms with Crippen LogP contribution in [0.25, 0.3) is 0 Å². The van der Waals surface area contributed by atoms with Crippen LogP contribution in [-0.2, 0) is 11.3 Å². The maximum atomic E-state index is 10.2. The van der Waals surface area contributed by atoms with Crippen molar-refractivity contribution >= 4 is 0 Å². The van der Waals surface area contributed by atoms with Gasteiger partial charge in [-0.1, -0.05) is 12.8 Å². The molecule has 3 nitrogen and oxygen atoms in total. The Morgan fingerprint density at radius 3 is 2.80 bits per heavy atom. The summed E-state index contributed by atoms with van der Waals surface area (Å²) >= 11 is 0. The summed E-state index contributed by atoms with van der Waals surface area (Å²) in [4.78, 5) is 0. The molecule has 4 rings (SSSR count). The zero-order chi connectivity index (χ0) is 13.6. The molecule has 1 N–H and O–H groups in total. The molecule has 1 saturated heterocycles. The summed E-state index contributed by atoms with van der Waals surface area (Å²) in [5, 5.41) is 10.2. The predicted octanol–water partition coefficient (Wildman–Crippen LogP) is 3.42. The van der Waals surface area contributed by atoms with Crippen molar-refractivity contribution in [1.29, 1.82) is 0 Å². The van der Waals surface area contributed by atoms with Crippen LogP contribution in [-0.4, -0.2) is 21.4 Å². The van der Waals surface area contributed by atoms with Gasteiger partial charge in [-0.3, -0.25) is 0 Å². The molecular weight excluding hydrogens is 250 g/mol. The first-order chi connectivity index (χ1) is 9.74. The standard InChI is InChI=1S/C17H25NO2/c19-16(13-3-4-13)14-6-10-18(11-14)12-15-5-9-17(20-15)7-1-2-8-17/h6,10-11,13,15-16,19H,1-5,7-9,12H2. The number of aromatic nitrogens is 1. The van der Waals surface area contributed by atoms with E-state index in [0.29, 0.717) is 12.0 Å². The molecule has 0 amide bonds. The molecule has 1 aromatic heterocycles. The zero-order valence-corrected chi connectivity index (χ0v) is 12.1. The van der Waals surface area contributed by atoms with E-state index in [9.17, 15) is 5.11 Å². The van der Waals surface area contributed by atoms with Gasteiger partial charge in [-0.15, -0.1) is 0 Å². The molecule has 2 aliphatic carbocycles. The normalized spacial score (nSPS) is 30.1. The summed E-state index contributed by atoms with van der Waals surface area (Å²) in [7, 11) is 0. The molecule has 2 atom stereocenters. The van der Waals surface area contributed by atoms with E-state index < -0.39 is 0 Å². The number of rotatable bonds is 4. The molecule has 3 fully saturated rings. The van der Waals surface area contributed by atoms with Gasteiger partial charge < -0.3 is 14.4 Å². The third-order valence-electron chi connectivity index (χ3n) is 5.45. The van der Waals surface area contributed by atoms with Gasteiger partial charge in [-0.2, -0.15) is 0 Å². The summed E-state index contributed by atoms with van der Waals surface area (Å²) in [6.45, 7) is 0.944. The van der Waals surface area contributed by atoms with Crippen molar-refractivity contribution in [1.82, 2.24) is 4.57 Å². The largest absolute Gasteiger partial charge is 0.388 e. The Labute approximate surface area is 120 Å². The van der Waals surface area contributed by atoms with Crippen LogP contribution in [0.15, 0.2) is 18.5 Å². The molecule has 2 saturated carbocycles. The van der Waals surface area contributed by atoms with Gasteiger partial charge in [0.2, 0.25) is 0 Å². The topological polar surface area (TPSA) is 34.4 Å². The van der Waals surface area contributed by atoms with E-state index in [1.165, 1.54) is 51.4 Å². The lowest BCUT2D eigenvalue weighted by Crippen LogP contribution is -2.26. The highest BCUT2D eigenvalue weighted by atomic mass is 16.5. The average Bonchev–Trinajstić information content (AvgIpc) is 2.87. The fourth-order valence-electron chi connectivity index (χ4n) is 4.08. The second-order valence-corrected chi connectivity index (χ2v) is 7.09. The first-order valence-electron chi connectivity index (χ1n) is 8.26. The molecule has 0 aromatic carbocycles. The summed E-state index contributed by atoms with van der Waals surface area (Å²) in [5.74, 6) is 0.510. The molecule has 110 valence electrons. The molecular formula is C17H25NO2. The second kappa shape index (κ2) is 4.88. The van der Waals surface area contributed by atoms with E-state index in [-0.39, 0.29) is 11.7 Å². The van der Waals surface area contributed by atoms with Crippen LogP contribution in [0.3, 0.4) is 0 Å². The zero-order valence-electron chi connectivity index (χ0n) is 12.1. The predicted molar refractivity (Wildman–Crippen MR) is 77.4 cm³/mol. The van der Waals surface area contributed by atoms with Crippen LogP contribution < -0.4 is 0 Å². The monoisotopic (exact) mass is 275 g/mol. The Bertz CT molecular complexity index is 471. The lowest BCUT2D eigenvalue weighted by molar-refractivity contribution is -0.0418. The highest BCUT2D eigenvalue weighted by molar-refractivity contribution is 5.16. The van der Waals surface area contributed by atoms with Gasteiger partial charge in [0.25, 0.3) is 0 Å². The maximum absolute atomic E-state index is 10.2. The molecule has 0 bridgehead atoms. The van der Waals surface area contributed by atoms with Gasteiger partial charge in [-0.05, 0) is 56.1 Å². The van der Waals surface area contributed by atoms with E-state index in [0.717, 1.165) is 12.1 Å². The van der Waals surface area contributed by atoms with Crippen LogP contribution in [0.2, 0.25) is 0 Å². The molecule has 2 unspecified atom stereocenters. The quantitative estimate of drug-likeness (QED) is 0.913. The number of aliphatic hydroxyl groups is 1. The third-order valence-corrected chi connectivity index (χ3v) is 5.45. The molecule has 3 heteroatoms.